The molecule has 0 aromatic heterocycles. The molecule has 1 rings (SSSR count). The Kier molecular flexibility index (Phi) is 14.7. The lowest BCUT2D eigenvalue weighted by molar-refractivity contribution is 0.0320. The lowest BCUT2D eigenvalue weighted by Gasteiger charge is -2.30. The summed E-state index contributed by atoms with van der Waals surface area (Å²) in [4.78, 5) is 21.2. The smallest absolute Gasteiger partial charge is 0.407 e. The predicted molar refractivity (Wildman–Crippen MR) is 138 cm³/mol. The van der Waals surface area contributed by atoms with Crippen molar-refractivity contribution in [3.8, 4) is 0 Å². The molecule has 9 heteroatoms. The van der Waals surface area contributed by atoms with Crippen LogP contribution >= 0.6 is 24.0 Å². The lowest BCUT2D eigenvalue weighted by atomic mass is 10.0. The minimum absolute atomic E-state index is 0. The molecule has 0 spiro atoms. The molecule has 0 bridgehead atoms. The minimum atomic E-state index is -0.494. The number of rotatable bonds is 9. The van der Waals surface area contributed by atoms with Gasteiger partial charge in [-0.25, -0.2) is 4.79 Å². The molecule has 0 aromatic carbocycles. The lowest BCUT2D eigenvalue weighted by Crippen LogP contribution is -2.46. The number of amides is 1. The summed E-state index contributed by atoms with van der Waals surface area (Å²) in [5.74, 6) is 1.71. The minimum Gasteiger partial charge on any atom is -0.444 e. The highest BCUT2D eigenvalue weighted by molar-refractivity contribution is 14.0. The highest BCUT2D eigenvalue weighted by Gasteiger charge is 2.22. The molecule has 1 saturated heterocycles. The molecule has 1 heterocycles. The van der Waals surface area contributed by atoms with E-state index in [-0.39, 0.29) is 36.1 Å². The molecule has 0 aromatic rings. The Hall–Kier alpha value is -0.810. The number of guanidine groups is 1. The Morgan fingerprint density at radius 3 is 2.35 bits per heavy atom. The highest BCUT2D eigenvalue weighted by Crippen LogP contribution is 2.11. The van der Waals surface area contributed by atoms with Crippen LogP contribution in [0.1, 0.15) is 48.0 Å². The molecule has 1 amide bonds. The van der Waals surface area contributed by atoms with Crippen LogP contribution in [0.25, 0.3) is 0 Å². The number of hydrogen-bond donors (Lipinski definition) is 2. The average Bonchev–Trinajstić information content (AvgIpc) is 2.64. The Morgan fingerprint density at radius 1 is 1.23 bits per heavy atom. The van der Waals surface area contributed by atoms with E-state index in [4.69, 9.17) is 9.47 Å². The van der Waals surface area contributed by atoms with E-state index >= 15 is 0 Å². The van der Waals surface area contributed by atoms with Gasteiger partial charge >= 0.3 is 6.09 Å². The molecule has 0 saturated carbocycles. The Bertz CT molecular complexity index is 534. The van der Waals surface area contributed by atoms with Crippen LogP contribution in [0.2, 0.25) is 0 Å². The molecule has 2 N–H and O–H groups in total. The number of hydrogen-bond acceptors (Lipinski definition) is 5. The molecule has 1 fully saturated rings. The summed E-state index contributed by atoms with van der Waals surface area (Å²) in [5, 5.41) is 6.51. The summed E-state index contributed by atoms with van der Waals surface area (Å²) in [6, 6.07) is 0.0423. The third-order valence-corrected chi connectivity index (χ3v) is 5.14. The van der Waals surface area contributed by atoms with Gasteiger partial charge in [0.1, 0.15) is 5.60 Å². The van der Waals surface area contributed by atoms with Crippen LogP contribution in [0.15, 0.2) is 4.99 Å². The molecule has 0 radical (unpaired) electrons. The monoisotopic (exact) mass is 555 g/mol. The summed E-state index contributed by atoms with van der Waals surface area (Å²) in [5.41, 5.74) is -0.494. The first kappa shape index (κ1) is 30.2. The number of aliphatic imine (C=N–C) groups is 1. The maximum atomic E-state index is 12.2. The zero-order valence-electron chi connectivity index (χ0n) is 20.9. The van der Waals surface area contributed by atoms with Crippen molar-refractivity contribution in [2.75, 3.05) is 60.0 Å². The SMILES string of the molecule is CN=C(NCC(C)CN1CCOCC1)N(C)CCC(NC(=O)OC(C)(C)C)C(C)C.I. The molecule has 1 aliphatic rings. The van der Waals surface area contributed by atoms with E-state index in [1.54, 1.807) is 0 Å². The number of ether oxygens (including phenoxy) is 2. The maximum Gasteiger partial charge on any atom is 0.407 e. The van der Waals surface area contributed by atoms with Crippen LogP contribution in [0.5, 0.6) is 0 Å². The van der Waals surface area contributed by atoms with Gasteiger partial charge in [-0.15, -0.1) is 24.0 Å². The van der Waals surface area contributed by atoms with E-state index in [9.17, 15) is 4.79 Å². The van der Waals surface area contributed by atoms with E-state index in [0.717, 1.165) is 58.3 Å². The van der Waals surface area contributed by atoms with E-state index in [1.807, 2.05) is 34.9 Å². The summed E-state index contributed by atoms with van der Waals surface area (Å²) in [6.07, 6.45) is 0.459. The van der Waals surface area contributed by atoms with E-state index in [1.165, 1.54) is 0 Å². The van der Waals surface area contributed by atoms with Crippen LogP contribution in [-0.2, 0) is 9.47 Å². The molecule has 2 unspecified atom stereocenters. The second-order valence-corrected chi connectivity index (χ2v) is 9.65. The first-order chi connectivity index (χ1) is 14.0. The van der Waals surface area contributed by atoms with Gasteiger partial charge in [-0.2, -0.15) is 0 Å². The number of nitrogens with zero attached hydrogens (tertiary/aromatic N) is 3. The maximum absolute atomic E-state index is 12.2. The largest absolute Gasteiger partial charge is 0.444 e. The van der Waals surface area contributed by atoms with E-state index in [2.05, 4.69) is 46.2 Å². The third-order valence-electron chi connectivity index (χ3n) is 5.14. The fourth-order valence-electron chi connectivity index (χ4n) is 3.41. The molecule has 2 atom stereocenters. The quantitative estimate of drug-likeness (QED) is 0.259. The number of carbonyl (C=O) groups is 1. The van der Waals surface area contributed by atoms with Gasteiger partial charge in [0.05, 0.1) is 13.2 Å². The Morgan fingerprint density at radius 2 is 1.84 bits per heavy atom. The summed E-state index contributed by atoms with van der Waals surface area (Å²) >= 11 is 0. The first-order valence-corrected chi connectivity index (χ1v) is 11.2. The van der Waals surface area contributed by atoms with Gasteiger partial charge in [-0.3, -0.25) is 9.89 Å². The zero-order chi connectivity index (χ0) is 22.7. The molecule has 31 heavy (non-hydrogen) atoms. The second-order valence-electron chi connectivity index (χ2n) is 9.65. The molecule has 0 aliphatic carbocycles. The van der Waals surface area contributed by atoms with Gasteiger partial charge in [-0.1, -0.05) is 20.8 Å². The number of halogens is 1. The van der Waals surface area contributed by atoms with Crippen molar-refractivity contribution < 1.29 is 14.3 Å². The normalized spacial score (nSPS) is 17.5. The summed E-state index contributed by atoms with van der Waals surface area (Å²) in [7, 11) is 3.84. The second kappa shape index (κ2) is 15.1. The van der Waals surface area contributed by atoms with Crippen molar-refractivity contribution in [1.29, 1.82) is 0 Å². The van der Waals surface area contributed by atoms with Gasteiger partial charge in [0.15, 0.2) is 5.96 Å². The fraction of sp³-hybridized carbons (Fsp3) is 0.909. The van der Waals surface area contributed by atoms with Gasteiger partial charge in [0.2, 0.25) is 0 Å². The first-order valence-electron chi connectivity index (χ1n) is 11.2. The van der Waals surface area contributed by atoms with Crippen molar-refractivity contribution in [1.82, 2.24) is 20.4 Å². The van der Waals surface area contributed by atoms with Crippen molar-refractivity contribution in [2.45, 2.75) is 59.6 Å². The number of carbonyl (C=O) groups excluding carboxylic acids is 1. The van der Waals surface area contributed by atoms with E-state index in [0.29, 0.717) is 11.8 Å². The highest BCUT2D eigenvalue weighted by atomic mass is 127. The average molecular weight is 556 g/mol. The van der Waals surface area contributed by atoms with Crippen LogP contribution in [0.4, 0.5) is 4.79 Å². The van der Waals surface area contributed by atoms with Gasteiger partial charge < -0.3 is 25.0 Å². The summed E-state index contributed by atoms with van der Waals surface area (Å²) in [6.45, 7) is 18.5. The van der Waals surface area contributed by atoms with Crippen molar-refractivity contribution >= 4 is 36.0 Å². The summed E-state index contributed by atoms with van der Waals surface area (Å²) < 4.78 is 10.8. The predicted octanol–water partition coefficient (Wildman–Crippen LogP) is 3.02. The number of nitrogens with one attached hydrogen (secondary N) is 2. The van der Waals surface area contributed by atoms with Gasteiger partial charge in [0, 0.05) is 52.9 Å². The van der Waals surface area contributed by atoms with Crippen molar-refractivity contribution in [3.63, 3.8) is 0 Å². The molecule has 8 nitrogen and oxygen atoms in total. The fourth-order valence-corrected chi connectivity index (χ4v) is 3.41. The van der Waals surface area contributed by atoms with Crippen LogP contribution in [0.3, 0.4) is 0 Å². The third kappa shape index (κ3) is 13.4. The topological polar surface area (TPSA) is 78.4 Å². The van der Waals surface area contributed by atoms with Crippen LogP contribution in [0, 0.1) is 11.8 Å². The Labute approximate surface area is 206 Å². The number of alkyl carbamates (subject to hydrolysis) is 1. The standard InChI is InChI=1S/C22H45N5O3.HI/c1-17(2)19(25-21(28)30-22(4,5)6)9-10-26(8)20(23-7)24-15-18(3)16-27-11-13-29-14-12-27;/h17-19H,9-16H2,1-8H3,(H,23,24)(H,25,28);1H. The van der Waals surface area contributed by atoms with Gasteiger partial charge in [-0.05, 0) is 39.0 Å². The molecular formula is C22H46IN5O3. The number of morpholine rings is 1. The van der Waals surface area contributed by atoms with Crippen LogP contribution in [-0.4, -0.2) is 93.5 Å². The van der Waals surface area contributed by atoms with Gasteiger partial charge in [0.25, 0.3) is 0 Å². The molecular weight excluding hydrogens is 509 g/mol. The molecule has 184 valence electrons. The van der Waals surface area contributed by atoms with Crippen molar-refractivity contribution in [2.24, 2.45) is 16.8 Å². The van der Waals surface area contributed by atoms with Crippen molar-refractivity contribution in [3.05, 3.63) is 0 Å². The zero-order valence-corrected chi connectivity index (χ0v) is 23.2. The Balaban J connectivity index is 0.00000900. The molecule has 1 aliphatic heterocycles. The van der Waals surface area contributed by atoms with Crippen LogP contribution < -0.4 is 10.6 Å². The van der Waals surface area contributed by atoms with E-state index < -0.39 is 5.60 Å².